The van der Waals surface area contributed by atoms with E-state index >= 15 is 0 Å². The second-order valence-corrected chi connectivity index (χ2v) is 5.96. The molecule has 6 heteroatoms. The summed E-state index contributed by atoms with van der Waals surface area (Å²) >= 11 is 1.35. The molecule has 0 saturated carbocycles. The van der Waals surface area contributed by atoms with Gasteiger partial charge in [0.1, 0.15) is 9.71 Å². The molecule has 1 aliphatic rings. The number of hydrogen-bond acceptors (Lipinski definition) is 5. The molecule has 1 fully saturated rings. The third kappa shape index (κ3) is 2.62. The SMILES string of the molecule is NC(=O)c1sc2ncccc2c1NCC1CCOCC1. The monoisotopic (exact) mass is 291 g/mol. The first-order chi connectivity index (χ1) is 9.75. The Morgan fingerprint density at radius 3 is 3.05 bits per heavy atom. The zero-order valence-electron chi connectivity index (χ0n) is 11.1. The van der Waals surface area contributed by atoms with Crippen LogP contribution < -0.4 is 11.1 Å². The molecule has 1 amide bonds. The van der Waals surface area contributed by atoms with Crippen molar-refractivity contribution < 1.29 is 9.53 Å². The zero-order valence-corrected chi connectivity index (χ0v) is 11.9. The van der Waals surface area contributed by atoms with Crippen molar-refractivity contribution in [2.75, 3.05) is 25.1 Å². The summed E-state index contributed by atoms with van der Waals surface area (Å²) in [4.78, 5) is 17.3. The quantitative estimate of drug-likeness (QED) is 0.905. The average Bonchev–Trinajstić information content (AvgIpc) is 2.85. The Kier molecular flexibility index (Phi) is 3.84. The second kappa shape index (κ2) is 5.76. The zero-order chi connectivity index (χ0) is 13.9. The molecule has 0 spiro atoms. The van der Waals surface area contributed by atoms with Gasteiger partial charge in [-0.15, -0.1) is 11.3 Å². The highest BCUT2D eigenvalue weighted by Crippen LogP contribution is 2.34. The molecular formula is C14H17N3O2S. The van der Waals surface area contributed by atoms with Gasteiger partial charge in [-0.1, -0.05) is 0 Å². The van der Waals surface area contributed by atoms with Crippen LogP contribution in [-0.2, 0) is 4.74 Å². The van der Waals surface area contributed by atoms with Crippen molar-refractivity contribution in [1.29, 1.82) is 0 Å². The number of carbonyl (C=O) groups excluding carboxylic acids is 1. The molecule has 5 nitrogen and oxygen atoms in total. The van der Waals surface area contributed by atoms with Crippen molar-refractivity contribution in [3.63, 3.8) is 0 Å². The van der Waals surface area contributed by atoms with Crippen molar-refractivity contribution in [2.24, 2.45) is 11.7 Å². The molecule has 1 aliphatic heterocycles. The van der Waals surface area contributed by atoms with E-state index in [1.807, 2.05) is 12.1 Å². The molecule has 1 saturated heterocycles. The normalized spacial score (nSPS) is 16.4. The first kappa shape index (κ1) is 13.3. The number of ether oxygens (including phenoxy) is 1. The molecule has 20 heavy (non-hydrogen) atoms. The molecule has 3 rings (SSSR count). The highest BCUT2D eigenvalue weighted by atomic mass is 32.1. The van der Waals surface area contributed by atoms with Gasteiger partial charge in [0.05, 0.1) is 5.69 Å². The van der Waals surface area contributed by atoms with Crippen LogP contribution in [-0.4, -0.2) is 30.6 Å². The number of pyridine rings is 1. The fourth-order valence-corrected chi connectivity index (χ4v) is 3.45. The molecule has 3 heterocycles. The first-order valence-corrected chi connectivity index (χ1v) is 7.56. The van der Waals surface area contributed by atoms with Crippen LogP contribution in [0.15, 0.2) is 18.3 Å². The Balaban J connectivity index is 1.84. The molecule has 0 unspecified atom stereocenters. The van der Waals surface area contributed by atoms with Crippen molar-refractivity contribution >= 4 is 33.1 Å². The number of nitrogens with two attached hydrogens (primary N) is 1. The summed E-state index contributed by atoms with van der Waals surface area (Å²) in [5.74, 6) is 0.179. The predicted octanol–water partition coefficient (Wildman–Crippen LogP) is 2.23. The summed E-state index contributed by atoms with van der Waals surface area (Å²) in [6, 6.07) is 3.84. The van der Waals surface area contributed by atoms with Gasteiger partial charge < -0.3 is 15.8 Å². The topological polar surface area (TPSA) is 77.2 Å². The predicted molar refractivity (Wildman–Crippen MR) is 80.2 cm³/mol. The van der Waals surface area contributed by atoms with Gasteiger partial charge in [-0.05, 0) is 30.9 Å². The lowest BCUT2D eigenvalue weighted by Gasteiger charge is -2.22. The van der Waals surface area contributed by atoms with E-state index in [-0.39, 0.29) is 0 Å². The van der Waals surface area contributed by atoms with Gasteiger partial charge in [-0.2, -0.15) is 0 Å². The average molecular weight is 291 g/mol. The lowest BCUT2D eigenvalue weighted by atomic mass is 10.0. The maximum Gasteiger partial charge on any atom is 0.261 e. The number of thiophene rings is 1. The second-order valence-electron chi connectivity index (χ2n) is 4.96. The van der Waals surface area contributed by atoms with Crippen LogP contribution in [0.4, 0.5) is 5.69 Å². The molecule has 0 aromatic carbocycles. The van der Waals surface area contributed by atoms with E-state index in [0.717, 1.165) is 48.5 Å². The molecule has 106 valence electrons. The number of nitrogens with one attached hydrogen (secondary N) is 1. The number of hydrogen-bond donors (Lipinski definition) is 2. The van der Waals surface area contributed by atoms with Gasteiger partial charge in [0, 0.05) is 31.3 Å². The van der Waals surface area contributed by atoms with E-state index < -0.39 is 5.91 Å². The molecule has 3 N–H and O–H groups in total. The summed E-state index contributed by atoms with van der Waals surface area (Å²) in [5, 5.41) is 4.37. The Morgan fingerprint density at radius 2 is 2.30 bits per heavy atom. The number of primary amides is 1. The van der Waals surface area contributed by atoms with E-state index in [2.05, 4.69) is 10.3 Å². The molecule has 2 aromatic rings. The third-order valence-corrected chi connectivity index (χ3v) is 4.73. The molecule has 2 aromatic heterocycles. The van der Waals surface area contributed by atoms with Crippen LogP contribution in [0, 0.1) is 5.92 Å². The number of amides is 1. The van der Waals surface area contributed by atoms with Gasteiger partial charge in [0.2, 0.25) is 0 Å². The van der Waals surface area contributed by atoms with Crippen LogP contribution in [0.1, 0.15) is 22.5 Å². The van der Waals surface area contributed by atoms with Crippen LogP contribution >= 0.6 is 11.3 Å². The van der Waals surface area contributed by atoms with E-state index in [4.69, 9.17) is 10.5 Å². The summed E-state index contributed by atoms with van der Waals surface area (Å²) in [7, 11) is 0. The summed E-state index contributed by atoms with van der Waals surface area (Å²) < 4.78 is 5.36. The van der Waals surface area contributed by atoms with E-state index in [0.29, 0.717) is 10.8 Å². The molecule has 0 atom stereocenters. The Labute approximate surface area is 121 Å². The smallest absolute Gasteiger partial charge is 0.261 e. The lowest BCUT2D eigenvalue weighted by Crippen LogP contribution is -2.23. The minimum Gasteiger partial charge on any atom is -0.383 e. The van der Waals surface area contributed by atoms with Gasteiger partial charge >= 0.3 is 0 Å². The fraction of sp³-hybridized carbons (Fsp3) is 0.429. The highest BCUT2D eigenvalue weighted by Gasteiger charge is 2.19. The van der Waals surface area contributed by atoms with Crippen molar-refractivity contribution in [1.82, 2.24) is 4.98 Å². The minimum absolute atomic E-state index is 0.400. The Hall–Kier alpha value is -1.66. The van der Waals surface area contributed by atoms with Crippen molar-refractivity contribution in [3.05, 3.63) is 23.2 Å². The maximum atomic E-state index is 11.6. The maximum absolute atomic E-state index is 11.6. The highest BCUT2D eigenvalue weighted by molar-refractivity contribution is 7.21. The van der Waals surface area contributed by atoms with Crippen LogP contribution in [0.2, 0.25) is 0 Å². The van der Waals surface area contributed by atoms with Gasteiger partial charge in [0.25, 0.3) is 5.91 Å². The van der Waals surface area contributed by atoms with E-state index in [9.17, 15) is 4.79 Å². The fourth-order valence-electron chi connectivity index (χ4n) is 2.48. The van der Waals surface area contributed by atoms with Crippen LogP contribution in [0.25, 0.3) is 10.2 Å². The van der Waals surface area contributed by atoms with Gasteiger partial charge in [-0.3, -0.25) is 4.79 Å². The minimum atomic E-state index is -0.400. The van der Waals surface area contributed by atoms with Crippen LogP contribution in [0.5, 0.6) is 0 Å². The summed E-state index contributed by atoms with van der Waals surface area (Å²) in [6.07, 6.45) is 3.84. The number of nitrogens with zero attached hydrogens (tertiary/aromatic N) is 1. The molecule has 0 aliphatic carbocycles. The van der Waals surface area contributed by atoms with Gasteiger partial charge in [-0.25, -0.2) is 4.98 Å². The largest absolute Gasteiger partial charge is 0.383 e. The standard InChI is InChI=1S/C14H17N3O2S/c15-13(18)12-11(10-2-1-5-16-14(10)20-12)17-8-9-3-6-19-7-4-9/h1-2,5,9,17H,3-4,6-8H2,(H2,15,18). The molecular weight excluding hydrogens is 274 g/mol. The summed E-state index contributed by atoms with van der Waals surface area (Å²) in [6.45, 7) is 2.48. The number of anilines is 1. The van der Waals surface area contributed by atoms with Gasteiger partial charge in [0.15, 0.2) is 0 Å². The Morgan fingerprint density at radius 1 is 1.50 bits per heavy atom. The Bertz CT molecular complexity index is 620. The summed E-state index contributed by atoms with van der Waals surface area (Å²) in [5.41, 5.74) is 6.30. The third-order valence-electron chi connectivity index (χ3n) is 3.60. The number of rotatable bonds is 4. The van der Waals surface area contributed by atoms with Crippen LogP contribution in [0.3, 0.4) is 0 Å². The van der Waals surface area contributed by atoms with E-state index in [1.54, 1.807) is 6.20 Å². The number of aromatic nitrogens is 1. The van der Waals surface area contributed by atoms with Crippen molar-refractivity contribution in [3.8, 4) is 0 Å². The van der Waals surface area contributed by atoms with Crippen molar-refractivity contribution in [2.45, 2.75) is 12.8 Å². The lowest BCUT2D eigenvalue weighted by molar-refractivity contribution is 0.0699. The first-order valence-electron chi connectivity index (χ1n) is 6.74. The molecule has 0 radical (unpaired) electrons. The number of fused-ring (bicyclic) bond motifs is 1. The van der Waals surface area contributed by atoms with E-state index in [1.165, 1.54) is 11.3 Å². The molecule has 0 bridgehead atoms. The number of carbonyl (C=O) groups is 1.